The number of aryl methyl sites for hydroxylation is 1. The normalized spacial score (nSPS) is 12.5. The molecule has 1 aromatic carbocycles. The summed E-state index contributed by atoms with van der Waals surface area (Å²) in [5.74, 6) is 2.29. The van der Waals surface area contributed by atoms with Crippen LogP contribution in [0.25, 0.3) is 10.9 Å². The average Bonchev–Trinajstić information content (AvgIpc) is 3.27. The summed E-state index contributed by atoms with van der Waals surface area (Å²) < 4.78 is 5.82. The second-order valence-electron chi connectivity index (χ2n) is 8.05. The summed E-state index contributed by atoms with van der Waals surface area (Å²) in [5, 5.41) is 7.97. The van der Waals surface area contributed by atoms with Crippen molar-refractivity contribution in [1.29, 1.82) is 0 Å². The maximum absolute atomic E-state index is 5.82. The number of rotatable bonds is 6. The fourth-order valence-corrected chi connectivity index (χ4v) is 3.10. The van der Waals surface area contributed by atoms with Gasteiger partial charge in [-0.15, -0.1) is 0 Å². The van der Waals surface area contributed by atoms with Crippen molar-refractivity contribution in [3.8, 4) is 0 Å². The predicted octanol–water partition coefficient (Wildman–Crippen LogP) is 4.06. The lowest BCUT2D eigenvalue weighted by Crippen LogP contribution is -2.38. The molecule has 150 valence electrons. The number of H-pyrrole nitrogens is 1. The largest absolute Gasteiger partial charge is 0.443 e. The van der Waals surface area contributed by atoms with Gasteiger partial charge >= 0.3 is 0 Å². The monoisotopic (exact) mass is 381 g/mol. The van der Waals surface area contributed by atoms with E-state index in [9.17, 15) is 0 Å². The Labute approximate surface area is 166 Å². The number of aromatic amines is 1. The molecule has 28 heavy (non-hydrogen) atoms. The average molecular weight is 382 g/mol. The van der Waals surface area contributed by atoms with Crippen LogP contribution in [0.1, 0.15) is 50.5 Å². The quantitative estimate of drug-likeness (QED) is 0.444. The first-order valence-electron chi connectivity index (χ1n) is 9.91. The Bertz CT molecular complexity index is 945. The van der Waals surface area contributed by atoms with Crippen molar-refractivity contribution >= 4 is 16.9 Å². The van der Waals surface area contributed by atoms with Gasteiger partial charge < -0.3 is 20.0 Å². The van der Waals surface area contributed by atoms with Crippen LogP contribution >= 0.6 is 0 Å². The molecule has 0 unspecified atom stereocenters. The van der Waals surface area contributed by atoms with E-state index in [1.807, 2.05) is 0 Å². The Morgan fingerprint density at radius 1 is 1.25 bits per heavy atom. The van der Waals surface area contributed by atoms with E-state index in [0.29, 0.717) is 12.4 Å². The van der Waals surface area contributed by atoms with Gasteiger partial charge in [0.15, 0.2) is 5.96 Å². The molecule has 6 heteroatoms. The smallest absolute Gasteiger partial charge is 0.216 e. The van der Waals surface area contributed by atoms with Gasteiger partial charge in [-0.05, 0) is 31.4 Å². The lowest BCUT2D eigenvalue weighted by molar-refractivity contribution is 0.383. The van der Waals surface area contributed by atoms with Crippen LogP contribution in [0.15, 0.2) is 40.0 Å². The molecule has 3 N–H and O–H groups in total. The maximum atomic E-state index is 5.82. The SMILES string of the molecule is CCNC(=NCc1ncc(C(C)(C)C)o1)NCCc1c[nH]c2c(C)cccc12. The van der Waals surface area contributed by atoms with E-state index in [1.165, 1.54) is 22.0 Å². The first-order chi connectivity index (χ1) is 13.4. The number of aliphatic imine (C=N–C) groups is 1. The molecule has 0 aliphatic heterocycles. The van der Waals surface area contributed by atoms with Gasteiger partial charge in [0.05, 0.1) is 6.20 Å². The summed E-state index contributed by atoms with van der Waals surface area (Å²) >= 11 is 0. The van der Waals surface area contributed by atoms with Crippen molar-refractivity contribution < 1.29 is 4.42 Å². The van der Waals surface area contributed by atoms with E-state index < -0.39 is 0 Å². The van der Waals surface area contributed by atoms with E-state index in [2.05, 4.69) is 84.6 Å². The number of guanidine groups is 1. The molecule has 0 atom stereocenters. The highest BCUT2D eigenvalue weighted by Gasteiger charge is 2.19. The van der Waals surface area contributed by atoms with E-state index >= 15 is 0 Å². The molecule has 3 aromatic rings. The van der Waals surface area contributed by atoms with E-state index in [0.717, 1.165) is 31.2 Å². The Hall–Kier alpha value is -2.76. The molecule has 0 radical (unpaired) electrons. The lowest BCUT2D eigenvalue weighted by atomic mass is 9.94. The molecule has 0 saturated heterocycles. The molecular weight excluding hydrogens is 350 g/mol. The molecule has 0 fully saturated rings. The van der Waals surface area contributed by atoms with Gasteiger partial charge in [-0.3, -0.25) is 0 Å². The van der Waals surface area contributed by atoms with Crippen molar-refractivity contribution in [2.24, 2.45) is 4.99 Å². The number of hydrogen-bond acceptors (Lipinski definition) is 3. The van der Waals surface area contributed by atoms with E-state index in [4.69, 9.17) is 4.42 Å². The van der Waals surface area contributed by atoms with Gasteiger partial charge in [0.25, 0.3) is 0 Å². The highest BCUT2D eigenvalue weighted by Crippen LogP contribution is 2.23. The van der Waals surface area contributed by atoms with Gasteiger partial charge in [0.1, 0.15) is 12.3 Å². The minimum atomic E-state index is -0.0462. The number of aromatic nitrogens is 2. The second-order valence-corrected chi connectivity index (χ2v) is 8.05. The number of hydrogen-bond donors (Lipinski definition) is 3. The third-order valence-electron chi connectivity index (χ3n) is 4.71. The van der Waals surface area contributed by atoms with Gasteiger partial charge in [0, 0.05) is 35.6 Å². The van der Waals surface area contributed by atoms with Gasteiger partial charge in [0.2, 0.25) is 5.89 Å². The van der Waals surface area contributed by atoms with E-state index in [1.54, 1.807) is 6.20 Å². The van der Waals surface area contributed by atoms with Crippen molar-refractivity contribution in [3.63, 3.8) is 0 Å². The molecule has 0 saturated carbocycles. The highest BCUT2D eigenvalue weighted by atomic mass is 16.4. The topological polar surface area (TPSA) is 78.2 Å². The zero-order chi connectivity index (χ0) is 20.1. The van der Waals surface area contributed by atoms with Crippen LogP contribution in [0.3, 0.4) is 0 Å². The minimum absolute atomic E-state index is 0.0462. The van der Waals surface area contributed by atoms with Gasteiger partial charge in [-0.1, -0.05) is 39.0 Å². The molecule has 0 amide bonds. The summed E-state index contributed by atoms with van der Waals surface area (Å²) in [6.07, 6.45) is 4.81. The number of para-hydroxylation sites is 1. The zero-order valence-electron chi connectivity index (χ0n) is 17.5. The van der Waals surface area contributed by atoms with Crippen LogP contribution in [0.5, 0.6) is 0 Å². The Kier molecular flexibility index (Phi) is 6.07. The minimum Gasteiger partial charge on any atom is -0.443 e. The summed E-state index contributed by atoms with van der Waals surface area (Å²) in [4.78, 5) is 12.3. The summed E-state index contributed by atoms with van der Waals surface area (Å²) in [6, 6.07) is 6.41. The summed E-state index contributed by atoms with van der Waals surface area (Å²) in [7, 11) is 0. The van der Waals surface area contributed by atoms with Crippen LogP contribution in [-0.2, 0) is 18.4 Å². The second kappa shape index (κ2) is 8.50. The third kappa shape index (κ3) is 4.74. The van der Waals surface area contributed by atoms with Crippen LogP contribution in [0.2, 0.25) is 0 Å². The van der Waals surface area contributed by atoms with Crippen LogP contribution in [-0.4, -0.2) is 29.0 Å². The first-order valence-corrected chi connectivity index (χ1v) is 9.91. The highest BCUT2D eigenvalue weighted by molar-refractivity contribution is 5.86. The number of fused-ring (bicyclic) bond motifs is 1. The number of oxazole rings is 1. The van der Waals surface area contributed by atoms with Crippen molar-refractivity contribution in [2.45, 2.75) is 53.0 Å². The van der Waals surface area contributed by atoms with Crippen LogP contribution < -0.4 is 10.6 Å². The first kappa shape index (κ1) is 20.0. The van der Waals surface area contributed by atoms with Crippen molar-refractivity contribution in [1.82, 2.24) is 20.6 Å². The molecular formula is C22H31N5O. The Balaban J connectivity index is 1.60. The van der Waals surface area contributed by atoms with Crippen molar-refractivity contribution in [2.75, 3.05) is 13.1 Å². The van der Waals surface area contributed by atoms with Crippen molar-refractivity contribution in [3.05, 3.63) is 53.4 Å². The molecule has 2 aromatic heterocycles. The van der Waals surface area contributed by atoms with E-state index in [-0.39, 0.29) is 5.41 Å². The molecule has 6 nitrogen and oxygen atoms in total. The maximum Gasteiger partial charge on any atom is 0.216 e. The summed E-state index contributed by atoms with van der Waals surface area (Å²) in [5.41, 5.74) is 3.75. The Morgan fingerprint density at radius 3 is 2.79 bits per heavy atom. The lowest BCUT2D eigenvalue weighted by Gasteiger charge is -2.13. The molecule has 2 heterocycles. The Morgan fingerprint density at radius 2 is 2.07 bits per heavy atom. The molecule has 0 bridgehead atoms. The van der Waals surface area contributed by atoms with Crippen LogP contribution in [0, 0.1) is 6.92 Å². The number of nitrogens with one attached hydrogen (secondary N) is 3. The van der Waals surface area contributed by atoms with Crippen LogP contribution in [0.4, 0.5) is 0 Å². The van der Waals surface area contributed by atoms with Gasteiger partial charge in [-0.25, -0.2) is 9.98 Å². The standard InChI is InChI=1S/C22H31N5O/c1-6-23-21(27-14-19-25-13-18(28-19)22(3,4)5)24-11-10-16-12-26-20-15(2)8-7-9-17(16)20/h7-9,12-13,26H,6,10-11,14H2,1-5H3,(H2,23,24,27). The molecule has 0 spiro atoms. The summed E-state index contributed by atoms with van der Waals surface area (Å²) in [6.45, 7) is 12.5. The predicted molar refractivity (Wildman–Crippen MR) is 115 cm³/mol. The van der Waals surface area contributed by atoms with Gasteiger partial charge in [-0.2, -0.15) is 0 Å². The molecule has 0 aliphatic rings. The number of benzene rings is 1. The third-order valence-corrected chi connectivity index (χ3v) is 4.71. The zero-order valence-corrected chi connectivity index (χ0v) is 17.5. The fourth-order valence-electron chi connectivity index (χ4n) is 3.10. The molecule has 0 aliphatic carbocycles. The fraction of sp³-hybridized carbons (Fsp3) is 0.455. The number of nitrogens with zero attached hydrogens (tertiary/aromatic N) is 2. The molecule has 3 rings (SSSR count).